The van der Waals surface area contributed by atoms with Gasteiger partial charge in [-0.05, 0) is 67.8 Å². The highest BCUT2D eigenvalue weighted by atomic mass is 32.2. The number of nitrogens with one attached hydrogen (secondary N) is 2. The molecule has 0 aliphatic rings. The van der Waals surface area contributed by atoms with Crippen molar-refractivity contribution < 1.29 is 31.1 Å². The topological polar surface area (TPSA) is 102 Å². The third kappa shape index (κ3) is 6.96. The Kier molecular flexibility index (Phi) is 7.95. The van der Waals surface area contributed by atoms with Gasteiger partial charge in [-0.25, -0.2) is 22.6 Å². The number of sulfonamides is 1. The molecule has 0 bridgehead atoms. The standard InChI is InChI=1S/C27H25F3N4O4S/c1-18-25(21-6-4-3-5-7-21)19(2)34(32-18)22-10-8-20(9-11-22)16-17-31-26(35)33-39(36,37)24-14-12-23(13-15-24)38-27(28,29)30/h3-15H,16-17H2,1-2H3,(H2,31,33,35). The molecule has 1 heterocycles. The number of ether oxygens (including phenoxy) is 1. The maximum atomic E-state index is 12.3. The Morgan fingerprint density at radius 2 is 1.59 bits per heavy atom. The molecule has 0 radical (unpaired) electrons. The van der Waals surface area contributed by atoms with Gasteiger partial charge in [0.15, 0.2) is 0 Å². The van der Waals surface area contributed by atoms with Gasteiger partial charge in [0.1, 0.15) is 5.75 Å². The maximum absolute atomic E-state index is 12.3. The fourth-order valence-corrected chi connectivity index (χ4v) is 5.01. The summed E-state index contributed by atoms with van der Waals surface area (Å²) in [5.74, 6) is -0.577. The predicted molar refractivity (Wildman–Crippen MR) is 139 cm³/mol. The number of amides is 2. The van der Waals surface area contributed by atoms with Crippen LogP contribution in [-0.2, 0) is 16.4 Å². The van der Waals surface area contributed by atoms with Crippen molar-refractivity contribution in [2.24, 2.45) is 0 Å². The molecule has 0 saturated carbocycles. The highest BCUT2D eigenvalue weighted by molar-refractivity contribution is 7.90. The van der Waals surface area contributed by atoms with Crippen LogP contribution < -0.4 is 14.8 Å². The van der Waals surface area contributed by atoms with Gasteiger partial charge >= 0.3 is 12.4 Å². The van der Waals surface area contributed by atoms with Crippen LogP contribution in [0, 0.1) is 13.8 Å². The van der Waals surface area contributed by atoms with E-state index in [1.807, 2.05) is 77.8 Å². The number of urea groups is 1. The summed E-state index contributed by atoms with van der Waals surface area (Å²) >= 11 is 0. The molecule has 0 saturated heterocycles. The average Bonchev–Trinajstić information content (AvgIpc) is 3.17. The van der Waals surface area contributed by atoms with Crippen LogP contribution in [-0.4, -0.2) is 37.1 Å². The number of hydrogen-bond donors (Lipinski definition) is 2. The van der Waals surface area contributed by atoms with Crippen LogP contribution >= 0.6 is 0 Å². The molecule has 12 heteroatoms. The second-order valence-corrected chi connectivity index (χ2v) is 10.3. The number of hydrogen-bond acceptors (Lipinski definition) is 5. The summed E-state index contributed by atoms with van der Waals surface area (Å²) in [5.41, 5.74) is 5.88. The minimum atomic E-state index is -4.90. The van der Waals surface area contributed by atoms with E-state index in [2.05, 4.69) is 15.2 Å². The number of carbonyl (C=O) groups is 1. The van der Waals surface area contributed by atoms with E-state index >= 15 is 0 Å². The van der Waals surface area contributed by atoms with Crippen molar-refractivity contribution in [2.75, 3.05) is 6.54 Å². The van der Waals surface area contributed by atoms with Crippen LogP contribution in [0.3, 0.4) is 0 Å². The lowest BCUT2D eigenvalue weighted by Gasteiger charge is -2.11. The van der Waals surface area contributed by atoms with Crippen molar-refractivity contribution in [1.29, 1.82) is 0 Å². The summed E-state index contributed by atoms with van der Waals surface area (Å²) in [4.78, 5) is 11.7. The van der Waals surface area contributed by atoms with Gasteiger partial charge in [-0.3, -0.25) is 0 Å². The Bertz CT molecular complexity index is 1550. The SMILES string of the molecule is Cc1nn(-c2ccc(CCNC(=O)NS(=O)(=O)c3ccc(OC(F)(F)F)cc3)cc2)c(C)c1-c1ccccc1. The summed E-state index contributed by atoms with van der Waals surface area (Å²) in [6.07, 6.45) is -4.47. The fourth-order valence-electron chi connectivity index (χ4n) is 4.08. The number of aryl methyl sites for hydroxylation is 1. The summed E-state index contributed by atoms with van der Waals surface area (Å²) in [5, 5.41) is 7.15. The number of nitrogens with zero attached hydrogens (tertiary/aromatic N) is 2. The number of alkyl halides is 3. The first-order valence-corrected chi connectivity index (χ1v) is 13.3. The molecule has 1 aromatic heterocycles. The monoisotopic (exact) mass is 558 g/mol. The molecule has 0 aliphatic carbocycles. The summed E-state index contributed by atoms with van der Waals surface area (Å²) < 4.78 is 68.9. The van der Waals surface area contributed by atoms with Crippen molar-refractivity contribution in [3.05, 3.63) is 95.8 Å². The van der Waals surface area contributed by atoms with Gasteiger partial charge in [0, 0.05) is 17.8 Å². The quantitative estimate of drug-likeness (QED) is 0.306. The first-order valence-electron chi connectivity index (χ1n) is 11.8. The Labute approximate surface area is 223 Å². The molecule has 204 valence electrons. The Morgan fingerprint density at radius 3 is 2.21 bits per heavy atom. The molecule has 0 atom stereocenters. The van der Waals surface area contributed by atoms with Gasteiger partial charge in [-0.15, -0.1) is 13.2 Å². The molecule has 8 nitrogen and oxygen atoms in total. The maximum Gasteiger partial charge on any atom is 0.573 e. The van der Waals surface area contributed by atoms with Crippen LogP contribution in [0.1, 0.15) is 17.0 Å². The summed E-state index contributed by atoms with van der Waals surface area (Å²) in [7, 11) is -4.29. The first-order chi connectivity index (χ1) is 18.4. The molecule has 0 unspecified atom stereocenters. The first kappa shape index (κ1) is 27.7. The van der Waals surface area contributed by atoms with Gasteiger partial charge in [0.2, 0.25) is 0 Å². The molecule has 4 rings (SSSR count). The van der Waals surface area contributed by atoms with E-state index in [1.165, 1.54) is 0 Å². The number of benzene rings is 3. The number of halogens is 3. The molecule has 0 spiro atoms. The molecule has 39 heavy (non-hydrogen) atoms. The normalized spacial score (nSPS) is 11.7. The third-order valence-corrected chi connectivity index (χ3v) is 7.18. The second-order valence-electron chi connectivity index (χ2n) is 8.62. The number of rotatable bonds is 8. The minimum Gasteiger partial charge on any atom is -0.406 e. The molecular formula is C27H25F3N4O4S. The van der Waals surface area contributed by atoms with Crippen molar-refractivity contribution >= 4 is 16.1 Å². The Morgan fingerprint density at radius 1 is 0.949 bits per heavy atom. The van der Waals surface area contributed by atoms with E-state index in [0.29, 0.717) is 6.42 Å². The van der Waals surface area contributed by atoms with E-state index in [0.717, 1.165) is 58.0 Å². The zero-order chi connectivity index (χ0) is 28.2. The van der Waals surface area contributed by atoms with Crippen molar-refractivity contribution in [3.63, 3.8) is 0 Å². The van der Waals surface area contributed by atoms with Crippen LogP contribution in [0.2, 0.25) is 0 Å². The molecule has 2 amide bonds. The van der Waals surface area contributed by atoms with Crippen LogP contribution in [0.15, 0.2) is 83.8 Å². The van der Waals surface area contributed by atoms with Crippen molar-refractivity contribution in [1.82, 2.24) is 19.8 Å². The molecular weight excluding hydrogens is 533 g/mol. The van der Waals surface area contributed by atoms with Gasteiger partial charge in [-0.2, -0.15) is 5.10 Å². The molecule has 3 aromatic carbocycles. The van der Waals surface area contributed by atoms with Gasteiger partial charge in [0.05, 0.1) is 16.3 Å². The van der Waals surface area contributed by atoms with Crippen LogP contribution in [0.4, 0.5) is 18.0 Å². The molecule has 0 aliphatic heterocycles. The number of aromatic nitrogens is 2. The molecule has 2 N–H and O–H groups in total. The number of carbonyl (C=O) groups excluding carboxylic acids is 1. The third-order valence-electron chi connectivity index (χ3n) is 5.83. The lowest BCUT2D eigenvalue weighted by molar-refractivity contribution is -0.274. The Hall–Kier alpha value is -4.32. The van der Waals surface area contributed by atoms with E-state index in [9.17, 15) is 26.4 Å². The minimum absolute atomic E-state index is 0.150. The highest BCUT2D eigenvalue weighted by Gasteiger charge is 2.31. The van der Waals surface area contributed by atoms with Gasteiger partial charge in [-0.1, -0.05) is 42.5 Å². The van der Waals surface area contributed by atoms with Gasteiger partial charge < -0.3 is 10.1 Å². The zero-order valence-corrected chi connectivity index (χ0v) is 21.8. The van der Waals surface area contributed by atoms with Crippen molar-refractivity contribution in [2.45, 2.75) is 31.5 Å². The van der Waals surface area contributed by atoms with Crippen molar-refractivity contribution in [3.8, 4) is 22.6 Å². The summed E-state index contributed by atoms with van der Waals surface area (Å²) in [6, 6.07) is 20.2. The molecule has 0 fully saturated rings. The second kappa shape index (κ2) is 11.2. The highest BCUT2D eigenvalue weighted by Crippen LogP contribution is 2.28. The van der Waals surface area contributed by atoms with E-state index in [4.69, 9.17) is 0 Å². The zero-order valence-electron chi connectivity index (χ0n) is 21.0. The summed E-state index contributed by atoms with van der Waals surface area (Å²) in [6.45, 7) is 4.13. The van der Waals surface area contributed by atoms with Crippen LogP contribution in [0.5, 0.6) is 5.75 Å². The smallest absolute Gasteiger partial charge is 0.406 e. The fraction of sp³-hybridized carbons (Fsp3) is 0.185. The van der Waals surface area contributed by atoms with E-state index < -0.39 is 28.2 Å². The lowest BCUT2D eigenvalue weighted by atomic mass is 10.0. The molecule has 4 aromatic rings. The van der Waals surface area contributed by atoms with Crippen LogP contribution in [0.25, 0.3) is 16.8 Å². The van der Waals surface area contributed by atoms with E-state index in [1.54, 1.807) is 0 Å². The lowest BCUT2D eigenvalue weighted by Crippen LogP contribution is -2.40. The van der Waals surface area contributed by atoms with Gasteiger partial charge in [0.25, 0.3) is 10.0 Å². The largest absolute Gasteiger partial charge is 0.573 e. The Balaban J connectivity index is 1.32. The predicted octanol–water partition coefficient (Wildman–Crippen LogP) is 5.29. The average molecular weight is 559 g/mol. The van der Waals surface area contributed by atoms with E-state index in [-0.39, 0.29) is 11.4 Å².